The second kappa shape index (κ2) is 10.7. The number of sulfonamides is 1. The number of aromatic nitrogens is 2. The van der Waals surface area contributed by atoms with Crippen LogP contribution in [0, 0.1) is 13.8 Å². The van der Waals surface area contributed by atoms with E-state index in [1.165, 1.54) is 38.4 Å². The Bertz CT molecular complexity index is 1410. The van der Waals surface area contributed by atoms with Gasteiger partial charge in [0.15, 0.2) is 0 Å². The van der Waals surface area contributed by atoms with E-state index in [9.17, 15) is 18.0 Å². The van der Waals surface area contributed by atoms with Gasteiger partial charge in [0.2, 0.25) is 5.03 Å². The third-order valence-electron chi connectivity index (χ3n) is 6.43. The Balaban J connectivity index is 1.49. The Kier molecular flexibility index (Phi) is 7.65. The molecule has 1 saturated heterocycles. The highest BCUT2D eigenvalue weighted by Crippen LogP contribution is 2.26. The van der Waals surface area contributed by atoms with Crippen molar-refractivity contribution in [3.05, 3.63) is 70.9 Å². The Morgan fingerprint density at radius 1 is 1.03 bits per heavy atom. The number of aryl methyl sites for hydroxylation is 2. The summed E-state index contributed by atoms with van der Waals surface area (Å²) in [4.78, 5) is 27.1. The average molecular weight is 526 g/mol. The number of nitrogens with one attached hydrogen (secondary N) is 1. The summed E-state index contributed by atoms with van der Waals surface area (Å²) in [5.41, 5.74) is 4.18. The Hall–Kier alpha value is -3.70. The third-order valence-corrected chi connectivity index (χ3v) is 8.27. The van der Waals surface area contributed by atoms with Crippen LogP contribution in [0.1, 0.15) is 38.8 Å². The summed E-state index contributed by atoms with van der Waals surface area (Å²) in [5.74, 6) is -1.07. The Morgan fingerprint density at radius 2 is 1.70 bits per heavy atom. The summed E-state index contributed by atoms with van der Waals surface area (Å²) in [7, 11) is -2.43. The fourth-order valence-corrected chi connectivity index (χ4v) is 5.83. The molecule has 0 unspecified atom stereocenters. The summed E-state index contributed by atoms with van der Waals surface area (Å²) in [6.45, 7) is 7.73. The lowest BCUT2D eigenvalue weighted by atomic mass is 10.1. The molecule has 1 aliphatic heterocycles. The van der Waals surface area contributed by atoms with Crippen LogP contribution in [-0.4, -0.2) is 67.2 Å². The van der Waals surface area contributed by atoms with Gasteiger partial charge < -0.3 is 15.0 Å². The van der Waals surface area contributed by atoms with E-state index >= 15 is 0 Å². The molecule has 1 amide bonds. The van der Waals surface area contributed by atoms with Crippen LogP contribution in [0.2, 0.25) is 0 Å². The molecule has 1 aromatic heterocycles. The van der Waals surface area contributed by atoms with Gasteiger partial charge in [0, 0.05) is 50.8 Å². The molecule has 10 nitrogen and oxygen atoms in total. The van der Waals surface area contributed by atoms with Crippen LogP contribution in [0.3, 0.4) is 0 Å². The zero-order chi connectivity index (χ0) is 26.7. The molecule has 1 fully saturated rings. The van der Waals surface area contributed by atoms with Crippen molar-refractivity contribution in [3.8, 4) is 0 Å². The van der Waals surface area contributed by atoms with Crippen LogP contribution in [0.5, 0.6) is 0 Å². The second-order valence-electron chi connectivity index (χ2n) is 8.88. The molecule has 1 aliphatic rings. The van der Waals surface area contributed by atoms with E-state index in [4.69, 9.17) is 4.74 Å². The van der Waals surface area contributed by atoms with E-state index in [1.807, 2.05) is 12.1 Å². The molecule has 3 aromatic rings. The first-order chi connectivity index (χ1) is 17.6. The number of anilines is 2. The molecule has 0 atom stereocenters. The van der Waals surface area contributed by atoms with E-state index in [1.54, 1.807) is 26.1 Å². The van der Waals surface area contributed by atoms with E-state index < -0.39 is 21.9 Å². The van der Waals surface area contributed by atoms with Crippen LogP contribution in [0.25, 0.3) is 0 Å². The van der Waals surface area contributed by atoms with Crippen LogP contribution in [-0.2, 0) is 21.8 Å². The topological polar surface area (TPSA) is 114 Å². The lowest BCUT2D eigenvalue weighted by molar-refractivity contribution is 0.0526. The molecular formula is C26H31N5O5S. The highest BCUT2D eigenvalue weighted by atomic mass is 32.2. The van der Waals surface area contributed by atoms with Crippen LogP contribution < -0.4 is 10.2 Å². The second-order valence-corrected chi connectivity index (χ2v) is 10.7. The van der Waals surface area contributed by atoms with Crippen molar-refractivity contribution in [2.24, 2.45) is 7.05 Å². The molecule has 11 heteroatoms. The van der Waals surface area contributed by atoms with Gasteiger partial charge in [-0.15, -0.1) is 0 Å². The SMILES string of the molecule is CCOC(=O)c1ccc(NC(=O)c2cn(C)nc2S(=O)(=O)N2CCN(c3cccc(C)c3C)CC2)cc1. The van der Waals surface area contributed by atoms with Crippen molar-refractivity contribution in [1.82, 2.24) is 14.1 Å². The van der Waals surface area contributed by atoms with E-state index in [2.05, 4.69) is 35.2 Å². The first-order valence-corrected chi connectivity index (χ1v) is 13.5. The van der Waals surface area contributed by atoms with Crippen molar-refractivity contribution in [1.29, 1.82) is 0 Å². The number of hydrogen-bond donors (Lipinski definition) is 1. The van der Waals surface area contributed by atoms with Crippen molar-refractivity contribution in [3.63, 3.8) is 0 Å². The molecule has 37 heavy (non-hydrogen) atoms. The monoisotopic (exact) mass is 525 g/mol. The van der Waals surface area contributed by atoms with Crippen molar-refractivity contribution < 1.29 is 22.7 Å². The predicted octanol–water partition coefficient (Wildman–Crippen LogP) is 2.98. The number of carbonyl (C=O) groups excluding carboxylic acids is 2. The lowest BCUT2D eigenvalue weighted by Crippen LogP contribution is -2.49. The predicted molar refractivity (Wildman–Crippen MR) is 140 cm³/mol. The lowest BCUT2D eigenvalue weighted by Gasteiger charge is -2.36. The van der Waals surface area contributed by atoms with Gasteiger partial charge in [-0.05, 0) is 62.2 Å². The fourth-order valence-electron chi connectivity index (χ4n) is 4.29. The number of carbonyl (C=O) groups is 2. The van der Waals surface area contributed by atoms with E-state index in [0.29, 0.717) is 24.3 Å². The summed E-state index contributed by atoms with van der Waals surface area (Å²) in [6.07, 6.45) is 1.39. The molecule has 0 spiro atoms. The number of nitrogens with zero attached hydrogens (tertiary/aromatic N) is 4. The summed E-state index contributed by atoms with van der Waals surface area (Å²) in [6, 6.07) is 12.3. The molecule has 2 aromatic carbocycles. The maximum atomic E-state index is 13.5. The molecule has 0 bridgehead atoms. The zero-order valence-electron chi connectivity index (χ0n) is 21.4. The minimum absolute atomic E-state index is 0.0473. The van der Waals surface area contributed by atoms with Crippen LogP contribution in [0.4, 0.5) is 11.4 Å². The average Bonchev–Trinajstić information content (AvgIpc) is 3.29. The van der Waals surface area contributed by atoms with E-state index in [-0.39, 0.29) is 30.3 Å². The number of rotatable bonds is 7. The summed E-state index contributed by atoms with van der Waals surface area (Å²) < 4.78 is 34.7. The largest absolute Gasteiger partial charge is 0.462 e. The van der Waals surface area contributed by atoms with Crippen molar-refractivity contribution >= 4 is 33.3 Å². The number of piperazine rings is 1. The molecule has 2 heterocycles. The molecule has 0 saturated carbocycles. The molecule has 4 rings (SSSR count). The van der Waals surface area contributed by atoms with Gasteiger partial charge in [0.25, 0.3) is 15.9 Å². The van der Waals surface area contributed by atoms with Crippen LogP contribution in [0.15, 0.2) is 53.7 Å². The Morgan fingerprint density at radius 3 is 2.35 bits per heavy atom. The third kappa shape index (κ3) is 5.52. The van der Waals surface area contributed by atoms with Gasteiger partial charge in [-0.2, -0.15) is 9.40 Å². The standard InChI is InChI=1S/C26H31N5O5S/c1-5-36-26(33)20-9-11-21(12-10-20)27-24(32)22-17-29(4)28-25(22)37(34,35)31-15-13-30(14-16-31)23-8-6-7-18(2)19(23)3/h6-12,17H,5,13-16H2,1-4H3,(H,27,32). The maximum Gasteiger partial charge on any atom is 0.338 e. The molecule has 1 N–H and O–H groups in total. The fraction of sp³-hybridized carbons (Fsp3) is 0.346. The minimum Gasteiger partial charge on any atom is -0.462 e. The van der Waals surface area contributed by atoms with Gasteiger partial charge in [-0.3, -0.25) is 9.48 Å². The van der Waals surface area contributed by atoms with Crippen LogP contribution >= 0.6 is 0 Å². The number of benzene rings is 2. The van der Waals surface area contributed by atoms with Gasteiger partial charge >= 0.3 is 5.97 Å². The quantitative estimate of drug-likeness (QED) is 0.472. The van der Waals surface area contributed by atoms with Gasteiger partial charge in [0.05, 0.1) is 17.7 Å². The van der Waals surface area contributed by atoms with Gasteiger partial charge in [-0.25, -0.2) is 13.2 Å². The zero-order valence-corrected chi connectivity index (χ0v) is 22.2. The minimum atomic E-state index is -4.00. The molecule has 0 radical (unpaired) electrons. The summed E-state index contributed by atoms with van der Waals surface area (Å²) in [5, 5.41) is 6.54. The highest BCUT2D eigenvalue weighted by Gasteiger charge is 2.34. The molecule has 196 valence electrons. The molecule has 0 aliphatic carbocycles. The van der Waals surface area contributed by atoms with Gasteiger partial charge in [0.1, 0.15) is 0 Å². The van der Waals surface area contributed by atoms with Gasteiger partial charge in [-0.1, -0.05) is 12.1 Å². The van der Waals surface area contributed by atoms with E-state index in [0.717, 1.165) is 5.69 Å². The first-order valence-electron chi connectivity index (χ1n) is 12.0. The number of ether oxygens (including phenoxy) is 1. The first kappa shape index (κ1) is 26.4. The van der Waals surface area contributed by atoms with Crippen molar-refractivity contribution in [2.45, 2.75) is 25.8 Å². The smallest absolute Gasteiger partial charge is 0.338 e. The number of hydrogen-bond acceptors (Lipinski definition) is 7. The highest BCUT2D eigenvalue weighted by molar-refractivity contribution is 7.89. The number of amides is 1. The number of esters is 1. The normalized spacial score (nSPS) is 14.4. The summed E-state index contributed by atoms with van der Waals surface area (Å²) >= 11 is 0. The maximum absolute atomic E-state index is 13.5. The molecular weight excluding hydrogens is 494 g/mol. The Labute approximate surface area is 216 Å². The van der Waals surface area contributed by atoms with Crippen molar-refractivity contribution in [2.75, 3.05) is 43.0 Å².